The van der Waals surface area contributed by atoms with Gasteiger partial charge in [0.15, 0.2) is 0 Å². The first-order valence-corrected chi connectivity index (χ1v) is 11.3. The number of Topliss-reactive ketones (excluding diaryl/α,β-unsaturated/α-hetero) is 2. The monoisotopic (exact) mass is 534 g/mol. The standard InChI is InChI=1S/C25H16Br2N2O2/c1-29-23-18-4-2-3-5-19(18)24(30)25(31)21(23)20(14-6-10-16(26)11-7-14)22(28-29)15-8-12-17(27)13-9-15/h2-13,20H,1H3. The minimum atomic E-state index is -0.474. The number of nitrogens with zero attached hydrogens (tertiary/aromatic N) is 2. The van der Waals surface area contributed by atoms with E-state index in [4.69, 9.17) is 5.10 Å². The van der Waals surface area contributed by atoms with E-state index < -0.39 is 17.5 Å². The molecule has 0 amide bonds. The number of hydrogen-bond acceptors (Lipinski definition) is 4. The number of hydrogen-bond donors (Lipinski definition) is 0. The molecule has 0 saturated carbocycles. The zero-order valence-corrected chi connectivity index (χ0v) is 19.6. The van der Waals surface area contributed by atoms with Gasteiger partial charge in [0.1, 0.15) is 0 Å². The molecule has 0 N–H and O–H groups in total. The van der Waals surface area contributed by atoms with E-state index >= 15 is 0 Å². The molecule has 3 aromatic rings. The molecular weight excluding hydrogens is 520 g/mol. The zero-order valence-electron chi connectivity index (χ0n) is 16.5. The largest absolute Gasteiger partial charge is 0.285 e. The molecule has 0 bridgehead atoms. The molecule has 1 atom stereocenters. The maximum Gasteiger partial charge on any atom is 0.233 e. The summed E-state index contributed by atoms with van der Waals surface area (Å²) in [6, 6.07) is 22.9. The molecule has 6 heteroatoms. The van der Waals surface area contributed by atoms with Crippen LogP contribution < -0.4 is 0 Å². The third-order valence-electron chi connectivity index (χ3n) is 5.62. The van der Waals surface area contributed by atoms with Crippen molar-refractivity contribution in [3.8, 4) is 0 Å². The highest BCUT2D eigenvalue weighted by molar-refractivity contribution is 9.10. The van der Waals surface area contributed by atoms with E-state index in [0.717, 1.165) is 31.3 Å². The Bertz CT molecular complexity index is 1290. The van der Waals surface area contributed by atoms with Gasteiger partial charge in [0.2, 0.25) is 11.6 Å². The molecule has 2 aliphatic rings. The van der Waals surface area contributed by atoms with Gasteiger partial charge in [-0.15, -0.1) is 0 Å². The van der Waals surface area contributed by atoms with Crippen molar-refractivity contribution in [3.63, 3.8) is 0 Å². The van der Waals surface area contributed by atoms with Gasteiger partial charge in [-0.05, 0) is 35.4 Å². The van der Waals surface area contributed by atoms with Crippen molar-refractivity contribution in [2.24, 2.45) is 5.10 Å². The second-order valence-corrected chi connectivity index (χ2v) is 9.30. The van der Waals surface area contributed by atoms with Gasteiger partial charge in [0.25, 0.3) is 0 Å². The molecule has 0 radical (unpaired) electrons. The fourth-order valence-corrected chi connectivity index (χ4v) is 4.76. The van der Waals surface area contributed by atoms with Gasteiger partial charge in [-0.3, -0.25) is 14.6 Å². The van der Waals surface area contributed by atoms with Crippen LogP contribution in [0.2, 0.25) is 0 Å². The van der Waals surface area contributed by atoms with Crippen LogP contribution in [0.1, 0.15) is 33.0 Å². The van der Waals surface area contributed by atoms with E-state index in [1.54, 1.807) is 17.1 Å². The van der Waals surface area contributed by atoms with Gasteiger partial charge < -0.3 is 0 Å². The van der Waals surface area contributed by atoms with E-state index in [9.17, 15) is 9.59 Å². The Morgan fingerprint density at radius 1 is 0.774 bits per heavy atom. The van der Waals surface area contributed by atoms with E-state index in [-0.39, 0.29) is 0 Å². The van der Waals surface area contributed by atoms with Crippen molar-refractivity contribution in [3.05, 3.63) is 110 Å². The number of allylic oxidation sites excluding steroid dienone is 1. The highest BCUT2D eigenvalue weighted by atomic mass is 79.9. The summed E-state index contributed by atoms with van der Waals surface area (Å²) in [5.41, 5.74) is 4.87. The van der Waals surface area contributed by atoms with Crippen LogP contribution in [0.25, 0.3) is 5.70 Å². The first kappa shape index (κ1) is 20.1. The highest BCUT2D eigenvalue weighted by Gasteiger charge is 2.43. The summed E-state index contributed by atoms with van der Waals surface area (Å²) in [6.07, 6.45) is 0. The lowest BCUT2D eigenvalue weighted by atomic mass is 9.74. The summed E-state index contributed by atoms with van der Waals surface area (Å²) in [5, 5.41) is 6.63. The lowest BCUT2D eigenvalue weighted by Gasteiger charge is -2.36. The van der Waals surface area contributed by atoms with Crippen LogP contribution in [0, 0.1) is 0 Å². The van der Waals surface area contributed by atoms with Crippen molar-refractivity contribution >= 4 is 54.8 Å². The van der Waals surface area contributed by atoms with Gasteiger partial charge in [0.05, 0.1) is 17.3 Å². The Balaban J connectivity index is 1.79. The molecule has 1 unspecified atom stereocenters. The minimum absolute atomic E-state index is 0.426. The Hall–Kier alpha value is -2.83. The predicted molar refractivity (Wildman–Crippen MR) is 128 cm³/mol. The van der Waals surface area contributed by atoms with Crippen LogP contribution in [0.4, 0.5) is 0 Å². The maximum atomic E-state index is 13.4. The number of hydrazone groups is 1. The van der Waals surface area contributed by atoms with Crippen LogP contribution in [0.5, 0.6) is 0 Å². The average molecular weight is 536 g/mol. The molecule has 0 aromatic heterocycles. The van der Waals surface area contributed by atoms with Crippen molar-refractivity contribution < 1.29 is 9.59 Å². The summed E-state index contributed by atoms with van der Waals surface area (Å²) in [7, 11) is 1.83. The average Bonchev–Trinajstić information content (AvgIpc) is 2.78. The molecule has 0 spiro atoms. The minimum Gasteiger partial charge on any atom is -0.285 e. The summed E-state index contributed by atoms with van der Waals surface area (Å²) in [6.45, 7) is 0. The molecular formula is C25H16Br2N2O2. The molecule has 3 aromatic carbocycles. The van der Waals surface area contributed by atoms with Gasteiger partial charge >= 0.3 is 0 Å². The molecule has 1 aliphatic carbocycles. The molecule has 1 aliphatic heterocycles. The smallest absolute Gasteiger partial charge is 0.233 e. The number of carbonyl (C=O) groups is 2. The normalized spacial score (nSPS) is 18.0. The highest BCUT2D eigenvalue weighted by Crippen LogP contribution is 2.43. The first-order valence-electron chi connectivity index (χ1n) is 9.72. The number of benzene rings is 3. The Kier molecular flexibility index (Phi) is 4.99. The summed E-state index contributed by atoms with van der Waals surface area (Å²) < 4.78 is 1.90. The van der Waals surface area contributed by atoms with Crippen LogP contribution in [0.3, 0.4) is 0 Å². The first-order chi connectivity index (χ1) is 15.0. The van der Waals surface area contributed by atoms with Gasteiger partial charge in [0, 0.05) is 32.7 Å². The molecule has 0 saturated heterocycles. The van der Waals surface area contributed by atoms with Gasteiger partial charge in [-0.2, -0.15) is 5.10 Å². The molecule has 1 heterocycles. The number of ketones is 2. The quantitative estimate of drug-likeness (QED) is 0.388. The van der Waals surface area contributed by atoms with Gasteiger partial charge in [-0.1, -0.05) is 80.4 Å². The van der Waals surface area contributed by atoms with Crippen LogP contribution >= 0.6 is 31.9 Å². The molecule has 4 nitrogen and oxygen atoms in total. The van der Waals surface area contributed by atoms with Crippen LogP contribution in [-0.2, 0) is 4.79 Å². The number of fused-ring (bicyclic) bond motifs is 2. The van der Waals surface area contributed by atoms with Crippen LogP contribution in [0.15, 0.2) is 92.4 Å². The second-order valence-electron chi connectivity index (χ2n) is 7.47. The van der Waals surface area contributed by atoms with Crippen molar-refractivity contribution in [2.75, 3.05) is 7.05 Å². The summed E-state index contributed by atoms with van der Waals surface area (Å²) >= 11 is 6.96. The van der Waals surface area contributed by atoms with Gasteiger partial charge in [-0.25, -0.2) is 0 Å². The molecule has 152 valence electrons. The number of rotatable bonds is 2. The zero-order chi connectivity index (χ0) is 21.7. The second kappa shape index (κ2) is 7.70. The molecule has 5 rings (SSSR count). The van der Waals surface area contributed by atoms with E-state index in [2.05, 4.69) is 31.9 Å². The van der Waals surface area contributed by atoms with E-state index in [1.807, 2.05) is 67.7 Å². The Morgan fingerprint density at radius 3 is 2.00 bits per heavy atom. The number of halogens is 2. The fourth-order valence-electron chi connectivity index (χ4n) is 4.23. The summed E-state index contributed by atoms with van der Waals surface area (Å²) in [5.74, 6) is -1.40. The molecule has 0 fully saturated rings. The topological polar surface area (TPSA) is 49.7 Å². The predicted octanol–water partition coefficient (Wildman–Crippen LogP) is 5.82. The summed E-state index contributed by atoms with van der Waals surface area (Å²) in [4.78, 5) is 26.5. The number of carbonyl (C=O) groups excluding carboxylic acids is 2. The fraction of sp³-hybridized carbons (Fsp3) is 0.0800. The third kappa shape index (κ3) is 3.30. The van der Waals surface area contributed by atoms with E-state index in [1.165, 1.54) is 0 Å². The Morgan fingerprint density at radius 2 is 1.35 bits per heavy atom. The SMILES string of the molecule is CN1N=C(c2ccc(Br)cc2)C(c2ccc(Br)cc2)C2=C1c1ccccc1C(=O)C2=O. The van der Waals surface area contributed by atoms with Crippen LogP contribution in [-0.4, -0.2) is 29.3 Å². The lowest BCUT2D eigenvalue weighted by Crippen LogP contribution is -2.37. The van der Waals surface area contributed by atoms with E-state index in [0.29, 0.717) is 16.8 Å². The van der Waals surface area contributed by atoms with Crippen molar-refractivity contribution in [1.82, 2.24) is 5.01 Å². The molecule has 31 heavy (non-hydrogen) atoms. The lowest BCUT2D eigenvalue weighted by molar-refractivity contribution is -0.112. The van der Waals surface area contributed by atoms with Crippen molar-refractivity contribution in [2.45, 2.75) is 5.92 Å². The maximum absolute atomic E-state index is 13.4. The third-order valence-corrected chi connectivity index (χ3v) is 6.68. The van der Waals surface area contributed by atoms with Crippen molar-refractivity contribution in [1.29, 1.82) is 0 Å². The Labute approximate surface area is 196 Å².